The molecule has 43 heavy (non-hydrogen) atoms. The number of carbonyl (C=O) groups is 2. The summed E-state index contributed by atoms with van der Waals surface area (Å²) in [6, 6.07) is 0. The van der Waals surface area contributed by atoms with E-state index >= 15 is 0 Å². The third kappa shape index (κ3) is 26.6. The van der Waals surface area contributed by atoms with E-state index in [0.29, 0.717) is 32.5 Å². The van der Waals surface area contributed by atoms with E-state index in [9.17, 15) is 9.59 Å². The fourth-order valence-electron chi connectivity index (χ4n) is 4.28. The summed E-state index contributed by atoms with van der Waals surface area (Å²) in [6.07, 6.45) is 1.10. The Morgan fingerprint density at radius 3 is 1.09 bits per heavy atom. The Balaban J connectivity index is 3.27. The summed E-state index contributed by atoms with van der Waals surface area (Å²) in [5.41, 5.74) is 10.3. The van der Waals surface area contributed by atoms with E-state index in [1.807, 2.05) is 20.8 Å². The van der Waals surface area contributed by atoms with E-state index in [2.05, 4.69) is 53.2 Å². The minimum atomic E-state index is -0.637. The minimum Gasteiger partial charge on any atom is -0.369 e. The van der Waals surface area contributed by atoms with Crippen molar-refractivity contribution in [3.63, 3.8) is 0 Å². The summed E-state index contributed by atoms with van der Waals surface area (Å²) in [4.78, 5) is 24.0. The molecule has 0 fully saturated rings. The Bertz CT molecular complexity index is 647. The van der Waals surface area contributed by atoms with Crippen molar-refractivity contribution in [3.05, 3.63) is 0 Å². The Hall–Kier alpha value is -1.46. The maximum Gasteiger partial charge on any atom is 0.223 e. The summed E-state index contributed by atoms with van der Waals surface area (Å²) in [7, 11) is 0. The van der Waals surface area contributed by atoms with Gasteiger partial charge in [0.2, 0.25) is 11.8 Å². The number of hydrogen-bond acceptors (Lipinski definition) is 12. The number of nitrogens with two attached hydrogens (primary N) is 2. The summed E-state index contributed by atoms with van der Waals surface area (Å²) in [5.74, 6) is -0.627. The third-order valence-electron chi connectivity index (χ3n) is 7.33. The summed E-state index contributed by atoms with van der Waals surface area (Å²) < 4.78 is 0. The molecule has 2 amide bonds. The van der Waals surface area contributed by atoms with Gasteiger partial charge in [-0.2, -0.15) is 0 Å². The van der Waals surface area contributed by atoms with Gasteiger partial charge >= 0.3 is 0 Å². The quantitative estimate of drug-likeness (QED) is 0.0316. The number of hydrogen-bond donors (Lipinski definition) is 12. The first-order chi connectivity index (χ1) is 20.9. The van der Waals surface area contributed by atoms with Crippen LogP contribution in [0.1, 0.15) is 33.6 Å². The van der Waals surface area contributed by atoms with Crippen molar-refractivity contribution in [1.29, 1.82) is 0 Å². The van der Waals surface area contributed by atoms with Crippen LogP contribution in [0.5, 0.6) is 0 Å². The number of amides is 2. The zero-order valence-corrected chi connectivity index (χ0v) is 27.6. The lowest BCUT2D eigenvalue weighted by molar-refractivity contribution is -0.130. The Morgan fingerprint density at radius 2 is 0.837 bits per heavy atom. The largest absolute Gasteiger partial charge is 0.369 e. The van der Waals surface area contributed by atoms with Gasteiger partial charge in [-0.3, -0.25) is 9.59 Å². The summed E-state index contributed by atoms with van der Waals surface area (Å²) in [5, 5.41) is 33.5. The van der Waals surface area contributed by atoms with Crippen molar-refractivity contribution in [1.82, 2.24) is 53.2 Å². The predicted octanol–water partition coefficient (Wildman–Crippen LogP) is -3.70. The molecule has 0 radical (unpaired) electrons. The van der Waals surface area contributed by atoms with Gasteiger partial charge in [-0.05, 0) is 12.8 Å². The molecule has 14 N–H and O–H groups in total. The average molecular weight is 617 g/mol. The topological polar surface area (TPSA) is 206 Å². The van der Waals surface area contributed by atoms with E-state index in [1.54, 1.807) is 0 Å². The first-order valence-electron chi connectivity index (χ1n) is 16.5. The van der Waals surface area contributed by atoms with E-state index < -0.39 is 5.41 Å². The smallest absolute Gasteiger partial charge is 0.223 e. The number of carbonyl (C=O) groups excluding carboxylic acids is 2. The maximum absolute atomic E-state index is 12.3. The van der Waals surface area contributed by atoms with Gasteiger partial charge in [0.25, 0.3) is 0 Å². The van der Waals surface area contributed by atoms with E-state index in [1.165, 1.54) is 0 Å². The van der Waals surface area contributed by atoms with Crippen LogP contribution in [-0.4, -0.2) is 143 Å². The first kappa shape index (κ1) is 41.5. The van der Waals surface area contributed by atoms with Crippen LogP contribution in [-0.2, 0) is 9.59 Å². The van der Waals surface area contributed by atoms with Crippen LogP contribution in [0.15, 0.2) is 0 Å². The van der Waals surface area contributed by atoms with Crippen molar-refractivity contribution >= 4 is 11.8 Å². The van der Waals surface area contributed by atoms with Crippen LogP contribution >= 0.6 is 0 Å². The molecule has 0 aromatic heterocycles. The van der Waals surface area contributed by atoms with Crippen molar-refractivity contribution in [3.8, 4) is 0 Å². The molecule has 0 spiro atoms. The highest BCUT2D eigenvalue weighted by atomic mass is 16.2. The molecule has 0 aliphatic carbocycles. The lowest BCUT2D eigenvalue weighted by Crippen LogP contribution is -2.41. The molecular weight excluding hydrogens is 548 g/mol. The van der Waals surface area contributed by atoms with Gasteiger partial charge in [0, 0.05) is 142 Å². The van der Waals surface area contributed by atoms with Crippen LogP contribution in [0.2, 0.25) is 0 Å². The maximum atomic E-state index is 12.3. The van der Waals surface area contributed by atoms with Gasteiger partial charge in [0.15, 0.2) is 0 Å². The second kappa shape index (κ2) is 30.6. The molecular formula is C29H68N12O2. The van der Waals surface area contributed by atoms with Gasteiger partial charge in [-0.1, -0.05) is 20.8 Å². The number of primary amides is 1. The lowest BCUT2D eigenvalue weighted by Gasteiger charge is -2.27. The lowest BCUT2D eigenvalue weighted by atomic mass is 9.78. The SMILES string of the molecule is CCC(C)(CC(C)C(=O)NCCNCCNCCNCCNCCNCCNCCNCCNCCNCCN)C(N)=O. The summed E-state index contributed by atoms with van der Waals surface area (Å²) >= 11 is 0. The molecule has 0 aliphatic rings. The Morgan fingerprint density at radius 1 is 0.558 bits per heavy atom. The number of nitrogens with one attached hydrogen (secondary N) is 10. The second-order valence-electron chi connectivity index (χ2n) is 11.2. The summed E-state index contributed by atoms with van der Waals surface area (Å²) in [6.45, 7) is 23.7. The standard InChI is InChI=1S/C29H68N12O2/c1-4-29(3,28(31)43)25-26(2)27(42)41-24-23-40-22-21-39-20-19-38-18-17-37-16-15-36-14-13-35-12-11-34-10-9-33-8-7-32-6-5-30/h26,32-40H,4-25,30H2,1-3H3,(H2,31,43)(H,41,42). The Labute approximate surface area is 261 Å². The average Bonchev–Trinajstić information content (AvgIpc) is 2.99. The normalized spacial score (nSPS) is 13.6. The van der Waals surface area contributed by atoms with E-state index in [-0.39, 0.29) is 17.7 Å². The predicted molar refractivity (Wildman–Crippen MR) is 179 cm³/mol. The van der Waals surface area contributed by atoms with Crippen molar-refractivity contribution in [2.45, 2.75) is 33.6 Å². The molecule has 256 valence electrons. The fourth-order valence-corrected chi connectivity index (χ4v) is 4.28. The molecule has 2 atom stereocenters. The molecule has 0 saturated carbocycles. The highest BCUT2D eigenvalue weighted by molar-refractivity contribution is 5.83. The molecule has 0 rings (SSSR count). The molecule has 0 aliphatic heterocycles. The zero-order valence-electron chi connectivity index (χ0n) is 27.6. The molecule has 14 heteroatoms. The minimum absolute atomic E-state index is 0.0343. The monoisotopic (exact) mass is 617 g/mol. The second-order valence-corrected chi connectivity index (χ2v) is 11.2. The van der Waals surface area contributed by atoms with Crippen LogP contribution in [0.3, 0.4) is 0 Å². The molecule has 0 bridgehead atoms. The molecule has 0 aromatic carbocycles. The van der Waals surface area contributed by atoms with Gasteiger partial charge in [0.05, 0.1) is 0 Å². The molecule has 0 heterocycles. The fraction of sp³-hybridized carbons (Fsp3) is 0.931. The van der Waals surface area contributed by atoms with Gasteiger partial charge in [0.1, 0.15) is 0 Å². The van der Waals surface area contributed by atoms with Gasteiger partial charge in [-0.15, -0.1) is 0 Å². The molecule has 14 nitrogen and oxygen atoms in total. The molecule has 0 saturated heterocycles. The van der Waals surface area contributed by atoms with Crippen molar-refractivity contribution in [2.24, 2.45) is 22.8 Å². The number of rotatable bonds is 34. The van der Waals surface area contributed by atoms with Crippen molar-refractivity contribution in [2.75, 3.05) is 131 Å². The van der Waals surface area contributed by atoms with E-state index in [0.717, 1.165) is 111 Å². The van der Waals surface area contributed by atoms with Gasteiger partial charge < -0.3 is 64.6 Å². The van der Waals surface area contributed by atoms with Crippen LogP contribution < -0.4 is 64.6 Å². The highest BCUT2D eigenvalue weighted by Crippen LogP contribution is 2.29. The molecule has 2 unspecified atom stereocenters. The van der Waals surface area contributed by atoms with E-state index in [4.69, 9.17) is 11.5 Å². The van der Waals surface area contributed by atoms with Crippen molar-refractivity contribution < 1.29 is 9.59 Å². The Kier molecular flexibility index (Phi) is 29.5. The van der Waals surface area contributed by atoms with Gasteiger partial charge in [-0.25, -0.2) is 0 Å². The molecule has 0 aromatic rings. The van der Waals surface area contributed by atoms with Crippen LogP contribution in [0.4, 0.5) is 0 Å². The van der Waals surface area contributed by atoms with Crippen LogP contribution in [0, 0.1) is 11.3 Å². The van der Waals surface area contributed by atoms with Crippen LogP contribution in [0.25, 0.3) is 0 Å². The third-order valence-corrected chi connectivity index (χ3v) is 7.33. The first-order valence-corrected chi connectivity index (χ1v) is 16.5. The highest BCUT2D eigenvalue weighted by Gasteiger charge is 2.32. The zero-order chi connectivity index (χ0) is 31.9.